The van der Waals surface area contributed by atoms with Crippen LogP contribution in [0, 0.1) is 11.3 Å². The highest BCUT2D eigenvalue weighted by molar-refractivity contribution is 6.06. The fraction of sp³-hybridized carbons (Fsp3) is 0.333. The molecule has 0 aliphatic rings. The highest BCUT2D eigenvalue weighted by Gasteiger charge is 2.12. The summed E-state index contributed by atoms with van der Waals surface area (Å²) in [7, 11) is 3.16. The van der Waals surface area contributed by atoms with Crippen molar-refractivity contribution >= 4 is 11.6 Å². The van der Waals surface area contributed by atoms with Gasteiger partial charge < -0.3 is 20.1 Å². The van der Waals surface area contributed by atoms with Crippen molar-refractivity contribution < 1.29 is 14.3 Å². The Morgan fingerprint density at radius 1 is 1.13 bits per heavy atom. The van der Waals surface area contributed by atoms with Crippen molar-refractivity contribution in [1.29, 1.82) is 5.26 Å². The summed E-state index contributed by atoms with van der Waals surface area (Å²) in [6.07, 6.45) is 4.73. The second kappa shape index (κ2) is 11.5. The molecular formula is C24H29N3O3. The lowest BCUT2D eigenvalue weighted by Crippen LogP contribution is -2.18. The molecule has 0 aliphatic carbocycles. The number of hydrogen-bond acceptors (Lipinski definition) is 5. The van der Waals surface area contributed by atoms with Gasteiger partial charge in [0, 0.05) is 17.9 Å². The summed E-state index contributed by atoms with van der Waals surface area (Å²) in [5.41, 5.74) is 2.83. The van der Waals surface area contributed by atoms with E-state index in [0.29, 0.717) is 17.2 Å². The van der Waals surface area contributed by atoms with Crippen LogP contribution in [-0.4, -0.2) is 20.1 Å². The van der Waals surface area contributed by atoms with Crippen LogP contribution in [0.1, 0.15) is 43.9 Å². The van der Waals surface area contributed by atoms with Gasteiger partial charge in [-0.3, -0.25) is 4.79 Å². The molecule has 1 amide bonds. The number of aryl methyl sites for hydroxylation is 1. The van der Waals surface area contributed by atoms with Crippen molar-refractivity contribution in [3.63, 3.8) is 0 Å². The highest BCUT2D eigenvalue weighted by Crippen LogP contribution is 2.29. The van der Waals surface area contributed by atoms with Crippen LogP contribution < -0.4 is 20.1 Å². The van der Waals surface area contributed by atoms with Gasteiger partial charge in [-0.15, -0.1) is 0 Å². The van der Waals surface area contributed by atoms with Gasteiger partial charge in [-0.25, -0.2) is 0 Å². The average molecular weight is 408 g/mol. The lowest BCUT2D eigenvalue weighted by Gasteiger charge is -2.15. The third-order valence-electron chi connectivity index (χ3n) is 4.78. The Morgan fingerprint density at radius 3 is 2.43 bits per heavy atom. The summed E-state index contributed by atoms with van der Waals surface area (Å²) in [5, 5.41) is 15.3. The molecule has 0 bridgehead atoms. The summed E-state index contributed by atoms with van der Waals surface area (Å²) in [4.78, 5) is 12.5. The SMILES string of the molecule is CCCCc1ccc(NC(=O)/C(C#N)=C\NC(C)c2ccc(OC)c(OC)c2)cc1. The van der Waals surface area contributed by atoms with Crippen LogP contribution in [0.25, 0.3) is 0 Å². The van der Waals surface area contributed by atoms with Crippen molar-refractivity contribution in [2.75, 3.05) is 19.5 Å². The monoisotopic (exact) mass is 407 g/mol. The van der Waals surface area contributed by atoms with E-state index in [2.05, 4.69) is 17.6 Å². The highest BCUT2D eigenvalue weighted by atomic mass is 16.5. The van der Waals surface area contributed by atoms with E-state index in [9.17, 15) is 10.1 Å². The molecule has 0 aromatic heterocycles. The zero-order chi connectivity index (χ0) is 21.9. The molecule has 6 heteroatoms. The van der Waals surface area contributed by atoms with Crippen molar-refractivity contribution in [2.45, 2.75) is 39.2 Å². The van der Waals surface area contributed by atoms with E-state index in [1.54, 1.807) is 14.2 Å². The lowest BCUT2D eigenvalue weighted by atomic mass is 10.1. The minimum Gasteiger partial charge on any atom is -0.493 e. The van der Waals surface area contributed by atoms with E-state index in [-0.39, 0.29) is 11.6 Å². The Hall–Kier alpha value is -3.46. The molecule has 2 rings (SSSR count). The van der Waals surface area contributed by atoms with Gasteiger partial charge in [0.2, 0.25) is 0 Å². The van der Waals surface area contributed by atoms with Crippen LogP contribution in [0.4, 0.5) is 5.69 Å². The number of carbonyl (C=O) groups is 1. The predicted molar refractivity (Wildman–Crippen MR) is 118 cm³/mol. The fourth-order valence-electron chi connectivity index (χ4n) is 2.91. The van der Waals surface area contributed by atoms with E-state index in [4.69, 9.17) is 9.47 Å². The third-order valence-corrected chi connectivity index (χ3v) is 4.78. The fourth-order valence-corrected chi connectivity index (χ4v) is 2.91. The molecule has 1 unspecified atom stereocenters. The molecule has 2 aromatic carbocycles. The number of hydrogen-bond donors (Lipinski definition) is 2. The zero-order valence-corrected chi connectivity index (χ0v) is 18.0. The Balaban J connectivity index is 2.02. The largest absolute Gasteiger partial charge is 0.493 e. The van der Waals surface area contributed by atoms with E-state index < -0.39 is 5.91 Å². The van der Waals surface area contributed by atoms with Gasteiger partial charge >= 0.3 is 0 Å². The van der Waals surface area contributed by atoms with Crippen LogP contribution in [0.3, 0.4) is 0 Å². The minimum atomic E-state index is -0.453. The first-order chi connectivity index (χ1) is 14.5. The smallest absolute Gasteiger partial charge is 0.267 e. The first-order valence-electron chi connectivity index (χ1n) is 10.0. The van der Waals surface area contributed by atoms with Crippen LogP contribution >= 0.6 is 0 Å². The Bertz CT molecular complexity index is 914. The molecule has 0 heterocycles. The molecule has 0 saturated carbocycles. The van der Waals surface area contributed by atoms with Gasteiger partial charge in [0.15, 0.2) is 11.5 Å². The van der Waals surface area contributed by atoms with Gasteiger partial charge in [0.25, 0.3) is 5.91 Å². The second-order valence-corrected chi connectivity index (χ2v) is 6.93. The van der Waals surface area contributed by atoms with Gasteiger partial charge in [0.1, 0.15) is 11.6 Å². The van der Waals surface area contributed by atoms with Crippen molar-refractivity contribution in [2.24, 2.45) is 0 Å². The number of unbranched alkanes of at least 4 members (excludes halogenated alkanes) is 1. The van der Waals surface area contributed by atoms with Crippen LogP contribution in [0.5, 0.6) is 11.5 Å². The molecule has 2 aromatic rings. The number of carbonyl (C=O) groups excluding carboxylic acids is 1. The zero-order valence-electron chi connectivity index (χ0n) is 18.0. The quantitative estimate of drug-likeness (QED) is 0.439. The summed E-state index contributed by atoms with van der Waals surface area (Å²) in [6, 6.07) is 15.1. The molecular weight excluding hydrogens is 378 g/mol. The molecule has 6 nitrogen and oxygen atoms in total. The third kappa shape index (κ3) is 6.28. The number of rotatable bonds is 10. The maximum atomic E-state index is 12.5. The standard InChI is InChI=1S/C24H29N3O3/c1-5-6-7-18-8-11-21(12-9-18)27-24(28)20(15-25)16-26-17(2)19-10-13-22(29-3)23(14-19)30-4/h8-14,16-17,26H,5-7H2,1-4H3,(H,27,28)/b20-16-. The van der Waals surface area contributed by atoms with Gasteiger partial charge in [-0.05, 0) is 55.2 Å². The molecule has 0 aliphatic heterocycles. The average Bonchev–Trinajstić information content (AvgIpc) is 2.78. The second-order valence-electron chi connectivity index (χ2n) is 6.93. The number of methoxy groups -OCH3 is 2. The Kier molecular flexibility index (Phi) is 8.76. The van der Waals surface area contributed by atoms with Crippen LogP contribution in [0.15, 0.2) is 54.2 Å². The van der Waals surface area contributed by atoms with Crippen molar-refractivity contribution in [3.05, 3.63) is 65.4 Å². The lowest BCUT2D eigenvalue weighted by molar-refractivity contribution is -0.112. The number of benzene rings is 2. The molecule has 1 atom stereocenters. The topological polar surface area (TPSA) is 83.4 Å². The first kappa shape index (κ1) is 22.8. The summed E-state index contributed by atoms with van der Waals surface area (Å²) in [6.45, 7) is 4.09. The molecule has 0 fully saturated rings. The molecule has 0 radical (unpaired) electrons. The number of anilines is 1. The molecule has 158 valence electrons. The van der Waals surface area contributed by atoms with Crippen LogP contribution in [-0.2, 0) is 11.2 Å². The minimum absolute atomic E-state index is 0.00242. The first-order valence-corrected chi connectivity index (χ1v) is 10.0. The van der Waals surface area contributed by atoms with Crippen LogP contribution in [0.2, 0.25) is 0 Å². The molecule has 0 saturated heterocycles. The van der Waals surface area contributed by atoms with Crippen molar-refractivity contribution in [1.82, 2.24) is 5.32 Å². The van der Waals surface area contributed by atoms with Crippen molar-refractivity contribution in [3.8, 4) is 17.6 Å². The number of ether oxygens (including phenoxy) is 2. The summed E-state index contributed by atoms with van der Waals surface area (Å²) >= 11 is 0. The normalized spacial score (nSPS) is 11.9. The number of nitrogens with one attached hydrogen (secondary N) is 2. The number of nitriles is 1. The molecule has 2 N–H and O–H groups in total. The number of amides is 1. The van der Waals surface area contributed by atoms with E-state index in [1.807, 2.05) is 55.5 Å². The van der Waals surface area contributed by atoms with E-state index in [1.165, 1.54) is 11.8 Å². The van der Waals surface area contributed by atoms with E-state index >= 15 is 0 Å². The summed E-state index contributed by atoms with van der Waals surface area (Å²) < 4.78 is 10.6. The molecule has 0 spiro atoms. The maximum Gasteiger partial charge on any atom is 0.267 e. The van der Waals surface area contributed by atoms with Gasteiger partial charge in [0.05, 0.1) is 14.2 Å². The predicted octanol–water partition coefficient (Wildman–Crippen LogP) is 4.74. The summed E-state index contributed by atoms with van der Waals surface area (Å²) in [5.74, 6) is 0.806. The van der Waals surface area contributed by atoms with Gasteiger partial charge in [-0.2, -0.15) is 5.26 Å². The Morgan fingerprint density at radius 2 is 1.83 bits per heavy atom. The molecule has 30 heavy (non-hydrogen) atoms. The van der Waals surface area contributed by atoms with E-state index in [0.717, 1.165) is 24.8 Å². The Labute approximate surface area is 178 Å². The number of nitrogens with zero attached hydrogens (tertiary/aromatic N) is 1. The maximum absolute atomic E-state index is 12.5. The van der Waals surface area contributed by atoms with Gasteiger partial charge in [-0.1, -0.05) is 31.5 Å².